The van der Waals surface area contributed by atoms with Crippen molar-refractivity contribution >= 4 is 21.6 Å². The van der Waals surface area contributed by atoms with Crippen LogP contribution in [0, 0.1) is 11.3 Å². The number of nitrogens with zero attached hydrogens (tertiary/aromatic N) is 1. The lowest BCUT2D eigenvalue weighted by molar-refractivity contribution is 0.195. The van der Waals surface area contributed by atoms with Gasteiger partial charge in [-0.2, -0.15) is 5.26 Å². The van der Waals surface area contributed by atoms with E-state index in [1.807, 2.05) is 12.1 Å². The van der Waals surface area contributed by atoms with Crippen LogP contribution < -0.4 is 5.32 Å². The quantitative estimate of drug-likeness (QED) is 0.895. The highest BCUT2D eigenvalue weighted by molar-refractivity contribution is 9.10. The Morgan fingerprint density at radius 3 is 3.00 bits per heavy atom. The summed E-state index contributed by atoms with van der Waals surface area (Å²) >= 11 is 3.38. The molecule has 15 heavy (non-hydrogen) atoms. The molecule has 4 heteroatoms. The van der Waals surface area contributed by atoms with E-state index in [0.717, 1.165) is 29.8 Å². The molecule has 1 heterocycles. The van der Waals surface area contributed by atoms with E-state index in [-0.39, 0.29) is 0 Å². The van der Waals surface area contributed by atoms with Crippen LogP contribution in [0.15, 0.2) is 22.7 Å². The lowest BCUT2D eigenvalue weighted by Gasteiger charge is -2.12. The van der Waals surface area contributed by atoms with Crippen LogP contribution in [0.5, 0.6) is 0 Å². The third kappa shape index (κ3) is 2.71. The van der Waals surface area contributed by atoms with Crippen molar-refractivity contribution in [2.24, 2.45) is 0 Å². The summed E-state index contributed by atoms with van der Waals surface area (Å²) in [7, 11) is 0. The van der Waals surface area contributed by atoms with Gasteiger partial charge in [0, 0.05) is 16.8 Å². The molecule has 1 N–H and O–H groups in total. The number of ether oxygens (including phenoxy) is 1. The molecule has 3 nitrogen and oxygen atoms in total. The minimum Gasteiger partial charge on any atom is -0.380 e. The minimum atomic E-state index is 0.367. The summed E-state index contributed by atoms with van der Waals surface area (Å²) in [5.74, 6) is 0. The smallest absolute Gasteiger partial charge is 0.0992 e. The number of rotatable bonds is 2. The van der Waals surface area contributed by atoms with Crippen molar-refractivity contribution in [1.29, 1.82) is 5.26 Å². The van der Waals surface area contributed by atoms with Gasteiger partial charge in [-0.05, 0) is 24.6 Å². The van der Waals surface area contributed by atoms with Crippen LogP contribution in [0.25, 0.3) is 0 Å². The zero-order valence-electron chi connectivity index (χ0n) is 8.16. The van der Waals surface area contributed by atoms with Gasteiger partial charge in [-0.3, -0.25) is 0 Å². The average Bonchev–Trinajstić information content (AvgIpc) is 2.69. The Hall–Kier alpha value is -1.05. The van der Waals surface area contributed by atoms with E-state index < -0.39 is 0 Å². The van der Waals surface area contributed by atoms with Crippen LogP contribution in [0.1, 0.15) is 12.0 Å². The molecule has 0 radical (unpaired) electrons. The van der Waals surface area contributed by atoms with Gasteiger partial charge < -0.3 is 10.1 Å². The van der Waals surface area contributed by atoms with E-state index >= 15 is 0 Å². The van der Waals surface area contributed by atoms with Gasteiger partial charge in [0.25, 0.3) is 0 Å². The zero-order chi connectivity index (χ0) is 10.7. The van der Waals surface area contributed by atoms with Gasteiger partial charge in [-0.1, -0.05) is 15.9 Å². The van der Waals surface area contributed by atoms with Crippen molar-refractivity contribution in [2.75, 3.05) is 18.5 Å². The van der Waals surface area contributed by atoms with Crippen molar-refractivity contribution in [3.63, 3.8) is 0 Å². The highest BCUT2D eigenvalue weighted by atomic mass is 79.9. The third-order valence-corrected chi connectivity index (χ3v) is 2.79. The predicted octanol–water partition coefficient (Wildman–Crippen LogP) is 2.52. The molecule has 1 atom stereocenters. The van der Waals surface area contributed by atoms with Crippen LogP contribution in [-0.2, 0) is 4.74 Å². The van der Waals surface area contributed by atoms with Crippen molar-refractivity contribution in [2.45, 2.75) is 12.5 Å². The predicted molar refractivity (Wildman–Crippen MR) is 61.7 cm³/mol. The number of nitriles is 1. The first-order valence-electron chi connectivity index (χ1n) is 4.83. The van der Waals surface area contributed by atoms with Gasteiger partial charge in [0.05, 0.1) is 24.3 Å². The van der Waals surface area contributed by atoms with E-state index in [4.69, 9.17) is 10.00 Å². The summed E-state index contributed by atoms with van der Waals surface area (Å²) in [6, 6.07) is 8.12. The summed E-state index contributed by atoms with van der Waals surface area (Å²) < 4.78 is 6.20. The third-order valence-electron chi connectivity index (χ3n) is 2.33. The van der Waals surface area contributed by atoms with E-state index in [2.05, 4.69) is 27.3 Å². The molecular formula is C11H11BrN2O. The van der Waals surface area contributed by atoms with Crippen LogP contribution in [-0.4, -0.2) is 19.3 Å². The van der Waals surface area contributed by atoms with Crippen LogP contribution >= 0.6 is 15.9 Å². The minimum absolute atomic E-state index is 0.367. The Balaban J connectivity index is 2.13. The molecule has 1 aromatic carbocycles. The molecule has 0 aromatic heterocycles. The first-order valence-corrected chi connectivity index (χ1v) is 5.62. The molecule has 2 rings (SSSR count). The molecule has 0 saturated carbocycles. The summed E-state index contributed by atoms with van der Waals surface area (Å²) in [6.07, 6.45) is 1.02. The molecule has 1 unspecified atom stereocenters. The molecule has 1 fully saturated rings. The second kappa shape index (κ2) is 4.65. The van der Waals surface area contributed by atoms with Gasteiger partial charge in [0.15, 0.2) is 0 Å². The van der Waals surface area contributed by atoms with Crippen molar-refractivity contribution < 1.29 is 4.74 Å². The maximum atomic E-state index is 8.82. The second-order valence-corrected chi connectivity index (χ2v) is 4.46. The topological polar surface area (TPSA) is 45.0 Å². The number of hydrogen-bond acceptors (Lipinski definition) is 3. The Labute approximate surface area is 97.2 Å². The maximum Gasteiger partial charge on any atom is 0.0992 e. The summed E-state index contributed by atoms with van der Waals surface area (Å²) in [5.41, 5.74) is 1.63. The molecule has 1 aliphatic heterocycles. The molecule has 1 aliphatic rings. The van der Waals surface area contributed by atoms with Gasteiger partial charge in [-0.15, -0.1) is 0 Å². The van der Waals surface area contributed by atoms with Crippen molar-refractivity contribution in [3.8, 4) is 6.07 Å². The molecule has 0 bridgehead atoms. The lowest BCUT2D eigenvalue weighted by Crippen LogP contribution is -2.18. The standard InChI is InChI=1S/C11H11BrN2O/c12-9-3-8(6-13)4-11(5-9)14-10-1-2-15-7-10/h3-5,10,14H,1-2,7H2. The molecule has 0 aliphatic carbocycles. The van der Waals surface area contributed by atoms with E-state index in [1.54, 1.807) is 6.07 Å². The average molecular weight is 267 g/mol. The Bertz CT molecular complexity index is 394. The molecule has 0 spiro atoms. The van der Waals surface area contributed by atoms with E-state index in [1.165, 1.54) is 0 Å². The summed E-state index contributed by atoms with van der Waals surface area (Å²) in [5, 5.41) is 12.2. The molecule has 78 valence electrons. The number of hydrogen-bond donors (Lipinski definition) is 1. The van der Waals surface area contributed by atoms with Crippen LogP contribution in [0.3, 0.4) is 0 Å². The first kappa shape index (κ1) is 10.5. The second-order valence-electron chi connectivity index (χ2n) is 3.55. The van der Waals surface area contributed by atoms with Crippen molar-refractivity contribution in [3.05, 3.63) is 28.2 Å². The fraction of sp³-hybridized carbons (Fsp3) is 0.364. The highest BCUT2D eigenvalue weighted by Gasteiger charge is 2.15. The van der Waals surface area contributed by atoms with Gasteiger partial charge in [-0.25, -0.2) is 0 Å². The highest BCUT2D eigenvalue weighted by Crippen LogP contribution is 2.21. The first-order chi connectivity index (χ1) is 7.28. The molecule has 1 aromatic rings. The fourth-order valence-electron chi connectivity index (χ4n) is 1.62. The van der Waals surface area contributed by atoms with Crippen molar-refractivity contribution in [1.82, 2.24) is 0 Å². The number of halogens is 1. The maximum absolute atomic E-state index is 8.82. The SMILES string of the molecule is N#Cc1cc(Br)cc(NC2CCOC2)c1. The lowest BCUT2D eigenvalue weighted by atomic mass is 10.2. The largest absolute Gasteiger partial charge is 0.380 e. The molecule has 0 amide bonds. The number of benzene rings is 1. The Morgan fingerprint density at radius 2 is 2.33 bits per heavy atom. The van der Waals surface area contributed by atoms with E-state index in [9.17, 15) is 0 Å². The number of nitrogens with one attached hydrogen (secondary N) is 1. The zero-order valence-corrected chi connectivity index (χ0v) is 9.75. The van der Waals surface area contributed by atoms with Gasteiger partial charge in [0.1, 0.15) is 0 Å². The van der Waals surface area contributed by atoms with Gasteiger partial charge in [0.2, 0.25) is 0 Å². The Morgan fingerprint density at radius 1 is 1.47 bits per heavy atom. The summed E-state index contributed by atoms with van der Waals surface area (Å²) in [6.45, 7) is 1.56. The number of anilines is 1. The van der Waals surface area contributed by atoms with Crippen LogP contribution in [0.2, 0.25) is 0 Å². The monoisotopic (exact) mass is 266 g/mol. The van der Waals surface area contributed by atoms with Gasteiger partial charge >= 0.3 is 0 Å². The fourth-order valence-corrected chi connectivity index (χ4v) is 2.11. The normalized spacial score (nSPS) is 19.9. The van der Waals surface area contributed by atoms with E-state index in [0.29, 0.717) is 11.6 Å². The Kier molecular flexibility index (Phi) is 3.24. The van der Waals surface area contributed by atoms with Crippen LogP contribution in [0.4, 0.5) is 5.69 Å². The molecule has 1 saturated heterocycles. The molecular weight excluding hydrogens is 256 g/mol. The summed E-state index contributed by atoms with van der Waals surface area (Å²) in [4.78, 5) is 0.